The van der Waals surface area contributed by atoms with Gasteiger partial charge in [-0.1, -0.05) is 6.07 Å². The number of nitrogens with two attached hydrogens (primary N) is 1. The number of hydrogen-bond acceptors (Lipinski definition) is 3. The van der Waals surface area contributed by atoms with Crippen LogP contribution in [0, 0.1) is 11.6 Å². The fourth-order valence-corrected chi connectivity index (χ4v) is 1.29. The van der Waals surface area contributed by atoms with Gasteiger partial charge in [0.1, 0.15) is 5.82 Å². The molecule has 0 saturated heterocycles. The molecule has 0 spiro atoms. The third-order valence-electron chi connectivity index (χ3n) is 2.15. The van der Waals surface area contributed by atoms with E-state index >= 15 is 0 Å². The second-order valence-corrected chi connectivity index (χ2v) is 3.39. The number of rotatable bonds is 3. The number of pyridine rings is 1. The van der Waals surface area contributed by atoms with Crippen LogP contribution in [0.5, 0.6) is 11.6 Å². The van der Waals surface area contributed by atoms with Crippen LogP contribution >= 0.6 is 0 Å². The molecule has 0 bridgehead atoms. The van der Waals surface area contributed by atoms with Gasteiger partial charge in [-0.05, 0) is 23.8 Å². The van der Waals surface area contributed by atoms with E-state index in [1.165, 1.54) is 24.3 Å². The van der Waals surface area contributed by atoms with E-state index in [1.54, 1.807) is 6.07 Å². The molecule has 5 heteroatoms. The summed E-state index contributed by atoms with van der Waals surface area (Å²) in [5, 5.41) is 0. The summed E-state index contributed by atoms with van der Waals surface area (Å²) < 4.78 is 31.3. The Bertz CT molecular complexity index is 514. The zero-order valence-corrected chi connectivity index (χ0v) is 8.86. The Morgan fingerprint density at radius 3 is 2.59 bits per heavy atom. The molecule has 1 aromatic carbocycles. The topological polar surface area (TPSA) is 48.1 Å². The van der Waals surface area contributed by atoms with Gasteiger partial charge in [0.05, 0.1) is 6.20 Å². The van der Waals surface area contributed by atoms with E-state index in [9.17, 15) is 8.78 Å². The highest BCUT2D eigenvalue weighted by molar-refractivity contribution is 5.32. The standard InChI is InChI=1S/C12H10F2N2O/c13-9-2-4-12(16-7-9)17-11-3-1-8(6-15)5-10(11)14/h1-5,7H,6,15H2. The molecule has 0 aliphatic rings. The monoisotopic (exact) mass is 236 g/mol. The molecule has 2 N–H and O–H groups in total. The van der Waals surface area contributed by atoms with Crippen molar-refractivity contribution < 1.29 is 13.5 Å². The molecule has 0 fully saturated rings. The molecule has 0 radical (unpaired) electrons. The van der Waals surface area contributed by atoms with Crippen molar-refractivity contribution in [3.63, 3.8) is 0 Å². The molecule has 0 aliphatic heterocycles. The van der Waals surface area contributed by atoms with E-state index in [0.29, 0.717) is 5.56 Å². The van der Waals surface area contributed by atoms with Crippen molar-refractivity contribution in [2.75, 3.05) is 0 Å². The second kappa shape index (κ2) is 4.88. The number of ether oxygens (including phenoxy) is 1. The Morgan fingerprint density at radius 1 is 1.18 bits per heavy atom. The summed E-state index contributed by atoms with van der Waals surface area (Å²) >= 11 is 0. The number of nitrogens with zero attached hydrogens (tertiary/aromatic N) is 1. The van der Waals surface area contributed by atoms with Gasteiger partial charge in [0.2, 0.25) is 5.88 Å². The normalized spacial score (nSPS) is 10.3. The van der Waals surface area contributed by atoms with Crippen molar-refractivity contribution in [2.45, 2.75) is 6.54 Å². The van der Waals surface area contributed by atoms with Crippen LogP contribution in [-0.4, -0.2) is 4.98 Å². The van der Waals surface area contributed by atoms with E-state index in [2.05, 4.69) is 4.98 Å². The van der Waals surface area contributed by atoms with E-state index in [4.69, 9.17) is 10.5 Å². The van der Waals surface area contributed by atoms with Gasteiger partial charge in [-0.3, -0.25) is 0 Å². The molecule has 1 aromatic heterocycles. The Hall–Kier alpha value is -2.01. The van der Waals surface area contributed by atoms with Gasteiger partial charge in [0.15, 0.2) is 11.6 Å². The van der Waals surface area contributed by atoms with Gasteiger partial charge in [-0.2, -0.15) is 0 Å². The number of benzene rings is 1. The summed E-state index contributed by atoms with van der Waals surface area (Å²) in [6, 6.07) is 6.92. The molecule has 1 heterocycles. The molecule has 0 saturated carbocycles. The van der Waals surface area contributed by atoms with Gasteiger partial charge in [-0.15, -0.1) is 0 Å². The van der Waals surface area contributed by atoms with Gasteiger partial charge >= 0.3 is 0 Å². The molecule has 0 aliphatic carbocycles. The maximum atomic E-state index is 13.5. The number of aromatic nitrogens is 1. The minimum atomic E-state index is -0.529. The molecule has 2 rings (SSSR count). The third kappa shape index (κ3) is 2.76. The summed E-state index contributed by atoms with van der Waals surface area (Å²) in [5.41, 5.74) is 6.04. The van der Waals surface area contributed by atoms with E-state index < -0.39 is 11.6 Å². The molecule has 2 aromatic rings. The molecular weight excluding hydrogens is 226 g/mol. The smallest absolute Gasteiger partial charge is 0.219 e. The minimum absolute atomic E-state index is 0.0290. The first-order valence-electron chi connectivity index (χ1n) is 4.97. The Balaban J connectivity index is 2.21. The van der Waals surface area contributed by atoms with Crippen LogP contribution in [0.2, 0.25) is 0 Å². The average Bonchev–Trinajstić information content (AvgIpc) is 2.34. The summed E-state index contributed by atoms with van der Waals surface area (Å²) in [6.07, 6.45) is 1.00. The van der Waals surface area contributed by atoms with Crippen LogP contribution in [0.1, 0.15) is 5.56 Å². The van der Waals surface area contributed by atoms with Crippen molar-refractivity contribution in [3.05, 3.63) is 53.7 Å². The summed E-state index contributed by atoms with van der Waals surface area (Å²) in [7, 11) is 0. The van der Waals surface area contributed by atoms with Crippen LogP contribution in [0.3, 0.4) is 0 Å². The fraction of sp³-hybridized carbons (Fsp3) is 0.0833. The SMILES string of the molecule is NCc1ccc(Oc2ccc(F)cn2)c(F)c1. The lowest BCUT2D eigenvalue weighted by Gasteiger charge is -2.06. The molecule has 0 amide bonds. The summed E-state index contributed by atoms with van der Waals surface area (Å²) in [5.74, 6) is -0.845. The molecule has 17 heavy (non-hydrogen) atoms. The highest BCUT2D eigenvalue weighted by Crippen LogP contribution is 2.23. The largest absolute Gasteiger partial charge is 0.436 e. The Labute approximate surface area is 96.9 Å². The zero-order valence-electron chi connectivity index (χ0n) is 8.86. The fourth-order valence-electron chi connectivity index (χ4n) is 1.29. The van der Waals surface area contributed by atoms with Gasteiger partial charge in [0.25, 0.3) is 0 Å². The molecule has 3 nitrogen and oxygen atoms in total. The maximum absolute atomic E-state index is 13.5. The van der Waals surface area contributed by atoms with Crippen molar-refractivity contribution in [1.82, 2.24) is 4.98 Å². The number of hydrogen-bond donors (Lipinski definition) is 1. The molecular formula is C12H10F2N2O. The maximum Gasteiger partial charge on any atom is 0.219 e. The lowest BCUT2D eigenvalue weighted by atomic mass is 10.2. The van der Waals surface area contributed by atoms with Crippen molar-refractivity contribution >= 4 is 0 Å². The average molecular weight is 236 g/mol. The molecule has 0 atom stereocenters. The Morgan fingerprint density at radius 2 is 2.00 bits per heavy atom. The van der Waals surface area contributed by atoms with Crippen LogP contribution in [0.4, 0.5) is 8.78 Å². The van der Waals surface area contributed by atoms with Crippen molar-refractivity contribution in [1.29, 1.82) is 0 Å². The van der Waals surface area contributed by atoms with E-state index in [0.717, 1.165) is 6.20 Å². The van der Waals surface area contributed by atoms with Crippen LogP contribution < -0.4 is 10.5 Å². The van der Waals surface area contributed by atoms with Crippen LogP contribution in [-0.2, 0) is 6.54 Å². The Kier molecular flexibility index (Phi) is 3.30. The summed E-state index contributed by atoms with van der Waals surface area (Å²) in [4.78, 5) is 3.67. The lowest BCUT2D eigenvalue weighted by Crippen LogP contribution is -1.98. The first-order chi connectivity index (χ1) is 8.19. The molecule has 0 unspecified atom stereocenters. The van der Waals surface area contributed by atoms with E-state index in [-0.39, 0.29) is 18.2 Å². The van der Waals surface area contributed by atoms with Gasteiger partial charge in [-0.25, -0.2) is 13.8 Å². The molecule has 88 valence electrons. The van der Waals surface area contributed by atoms with Crippen LogP contribution in [0.15, 0.2) is 36.5 Å². The number of halogens is 2. The van der Waals surface area contributed by atoms with Crippen molar-refractivity contribution in [2.24, 2.45) is 5.73 Å². The van der Waals surface area contributed by atoms with Crippen molar-refractivity contribution in [3.8, 4) is 11.6 Å². The van der Waals surface area contributed by atoms with E-state index in [1.807, 2.05) is 0 Å². The lowest BCUT2D eigenvalue weighted by molar-refractivity contribution is 0.425. The third-order valence-corrected chi connectivity index (χ3v) is 2.15. The highest BCUT2D eigenvalue weighted by Gasteiger charge is 2.06. The predicted molar refractivity (Wildman–Crippen MR) is 58.6 cm³/mol. The second-order valence-electron chi connectivity index (χ2n) is 3.39. The quantitative estimate of drug-likeness (QED) is 0.891. The highest BCUT2D eigenvalue weighted by atomic mass is 19.1. The first-order valence-corrected chi connectivity index (χ1v) is 4.97. The minimum Gasteiger partial charge on any atom is -0.436 e. The van der Waals surface area contributed by atoms with Gasteiger partial charge < -0.3 is 10.5 Å². The first kappa shape index (κ1) is 11.5. The summed E-state index contributed by atoms with van der Waals surface area (Å²) in [6.45, 7) is 0.256. The van der Waals surface area contributed by atoms with Gasteiger partial charge in [0, 0.05) is 12.6 Å². The predicted octanol–water partition coefficient (Wildman–Crippen LogP) is 2.61. The zero-order chi connectivity index (χ0) is 12.3. The van der Waals surface area contributed by atoms with Crippen LogP contribution in [0.25, 0.3) is 0 Å².